The Bertz CT molecular complexity index is 1020. The average Bonchev–Trinajstić information content (AvgIpc) is 3.17. The number of piperidine rings is 1. The van der Waals surface area contributed by atoms with Gasteiger partial charge in [-0.05, 0) is 43.9 Å². The van der Waals surface area contributed by atoms with Gasteiger partial charge in [0.25, 0.3) is 5.91 Å². The van der Waals surface area contributed by atoms with Crippen molar-refractivity contribution in [3.8, 4) is 11.3 Å². The van der Waals surface area contributed by atoms with E-state index in [1.165, 1.54) is 0 Å². The Morgan fingerprint density at radius 3 is 2.59 bits per heavy atom. The molecule has 0 spiro atoms. The fourth-order valence-electron chi connectivity index (χ4n) is 3.63. The predicted octanol–water partition coefficient (Wildman–Crippen LogP) is 4.30. The van der Waals surface area contributed by atoms with Crippen molar-refractivity contribution in [1.29, 1.82) is 0 Å². The monoisotopic (exact) mass is 392 g/mol. The largest absolute Gasteiger partial charge is 0.449 e. The molecule has 1 amide bonds. The second-order valence-corrected chi connectivity index (χ2v) is 7.66. The molecule has 2 aromatic carbocycles. The van der Waals surface area contributed by atoms with E-state index in [-0.39, 0.29) is 5.91 Å². The standard InChI is InChI=1S/C23H24N2O4/c1-15-10-12-25(13-11-15)22(26)16(2)28-23(27)18-8-9-20-19(14-18)21(29-24-20)17-6-4-3-5-7-17/h3-9,14-16H,10-13H2,1-2H3. The van der Waals surface area contributed by atoms with Crippen molar-refractivity contribution in [3.63, 3.8) is 0 Å². The molecular weight excluding hydrogens is 368 g/mol. The van der Waals surface area contributed by atoms with Gasteiger partial charge in [0.15, 0.2) is 11.9 Å². The Hall–Kier alpha value is -3.15. The average molecular weight is 392 g/mol. The van der Waals surface area contributed by atoms with Gasteiger partial charge >= 0.3 is 5.97 Å². The Kier molecular flexibility index (Phi) is 5.34. The lowest BCUT2D eigenvalue weighted by molar-refractivity contribution is -0.141. The van der Waals surface area contributed by atoms with Crippen LogP contribution in [-0.2, 0) is 9.53 Å². The fourth-order valence-corrected chi connectivity index (χ4v) is 3.63. The summed E-state index contributed by atoms with van der Waals surface area (Å²) >= 11 is 0. The van der Waals surface area contributed by atoms with E-state index in [4.69, 9.17) is 9.26 Å². The molecule has 6 heteroatoms. The van der Waals surface area contributed by atoms with E-state index in [0.29, 0.717) is 22.8 Å². The first-order valence-corrected chi connectivity index (χ1v) is 9.97. The van der Waals surface area contributed by atoms with Crippen LogP contribution in [0.4, 0.5) is 0 Å². The number of benzene rings is 2. The summed E-state index contributed by atoms with van der Waals surface area (Å²) in [7, 11) is 0. The molecule has 29 heavy (non-hydrogen) atoms. The van der Waals surface area contributed by atoms with Crippen LogP contribution in [0.2, 0.25) is 0 Å². The molecule has 2 heterocycles. The van der Waals surface area contributed by atoms with Crippen LogP contribution in [0.1, 0.15) is 37.0 Å². The molecule has 1 aliphatic heterocycles. The minimum atomic E-state index is -0.817. The smallest absolute Gasteiger partial charge is 0.338 e. The van der Waals surface area contributed by atoms with Crippen LogP contribution in [0.3, 0.4) is 0 Å². The number of hydrogen-bond acceptors (Lipinski definition) is 5. The minimum absolute atomic E-state index is 0.138. The van der Waals surface area contributed by atoms with Gasteiger partial charge in [-0.2, -0.15) is 0 Å². The number of nitrogens with zero attached hydrogens (tertiary/aromatic N) is 2. The Morgan fingerprint density at radius 1 is 1.14 bits per heavy atom. The third-order valence-corrected chi connectivity index (χ3v) is 5.48. The van der Waals surface area contributed by atoms with Crippen molar-refractivity contribution in [1.82, 2.24) is 10.1 Å². The molecular formula is C23H24N2O4. The normalized spacial score (nSPS) is 16.0. The highest BCUT2D eigenvalue weighted by Crippen LogP contribution is 2.29. The molecule has 0 bridgehead atoms. The van der Waals surface area contributed by atoms with Crippen molar-refractivity contribution in [2.75, 3.05) is 13.1 Å². The summed E-state index contributed by atoms with van der Waals surface area (Å²) in [5.41, 5.74) is 1.90. The van der Waals surface area contributed by atoms with Gasteiger partial charge < -0.3 is 14.2 Å². The molecule has 0 radical (unpaired) electrons. The summed E-state index contributed by atoms with van der Waals surface area (Å²) < 4.78 is 10.9. The van der Waals surface area contributed by atoms with Crippen molar-refractivity contribution in [2.45, 2.75) is 32.8 Å². The number of fused-ring (bicyclic) bond motifs is 1. The maximum Gasteiger partial charge on any atom is 0.338 e. The number of aromatic nitrogens is 1. The second-order valence-electron chi connectivity index (χ2n) is 7.66. The number of ether oxygens (including phenoxy) is 1. The molecule has 4 rings (SSSR count). The Balaban J connectivity index is 1.50. The summed E-state index contributed by atoms with van der Waals surface area (Å²) in [6, 6.07) is 14.7. The SMILES string of the molecule is CC1CCN(C(=O)C(C)OC(=O)c2ccc3noc(-c4ccccc4)c3c2)CC1. The van der Waals surface area contributed by atoms with Gasteiger partial charge in [-0.1, -0.05) is 42.4 Å². The van der Waals surface area contributed by atoms with Gasteiger partial charge in [0.1, 0.15) is 5.52 Å². The van der Waals surface area contributed by atoms with Gasteiger partial charge in [0.2, 0.25) is 0 Å². The van der Waals surface area contributed by atoms with E-state index in [1.807, 2.05) is 30.3 Å². The summed E-state index contributed by atoms with van der Waals surface area (Å²) in [5, 5.41) is 4.80. The first-order chi connectivity index (χ1) is 14.0. The highest BCUT2D eigenvalue weighted by Gasteiger charge is 2.27. The van der Waals surface area contributed by atoms with Crippen LogP contribution in [0.5, 0.6) is 0 Å². The summed E-state index contributed by atoms with van der Waals surface area (Å²) in [6.07, 6.45) is 1.15. The molecule has 1 aromatic heterocycles. The summed E-state index contributed by atoms with van der Waals surface area (Å²) in [4.78, 5) is 27.1. The third-order valence-electron chi connectivity index (χ3n) is 5.48. The predicted molar refractivity (Wildman–Crippen MR) is 109 cm³/mol. The van der Waals surface area contributed by atoms with Gasteiger partial charge in [0, 0.05) is 18.7 Å². The quantitative estimate of drug-likeness (QED) is 0.619. The maximum atomic E-state index is 12.7. The second kappa shape index (κ2) is 8.07. The lowest BCUT2D eigenvalue weighted by Crippen LogP contribution is -2.44. The van der Waals surface area contributed by atoms with Gasteiger partial charge in [-0.25, -0.2) is 4.79 Å². The van der Waals surface area contributed by atoms with E-state index in [0.717, 1.165) is 36.9 Å². The number of amides is 1. The molecule has 1 saturated heterocycles. The Morgan fingerprint density at radius 2 is 1.86 bits per heavy atom. The number of rotatable bonds is 4. The van der Waals surface area contributed by atoms with Crippen LogP contribution in [0.25, 0.3) is 22.2 Å². The molecule has 6 nitrogen and oxygen atoms in total. The first-order valence-electron chi connectivity index (χ1n) is 9.97. The van der Waals surface area contributed by atoms with Gasteiger partial charge in [-0.15, -0.1) is 0 Å². The van der Waals surface area contributed by atoms with Crippen LogP contribution in [0.15, 0.2) is 53.1 Å². The summed E-state index contributed by atoms with van der Waals surface area (Å²) in [5.74, 6) is 0.562. The molecule has 1 aliphatic rings. The van der Waals surface area contributed by atoms with Gasteiger partial charge in [0.05, 0.1) is 10.9 Å². The first kappa shape index (κ1) is 19.2. The molecule has 0 saturated carbocycles. The minimum Gasteiger partial charge on any atom is -0.449 e. The number of carbonyl (C=O) groups excluding carboxylic acids is 2. The lowest BCUT2D eigenvalue weighted by atomic mass is 9.99. The Labute approximate surface area is 169 Å². The third kappa shape index (κ3) is 4.01. The van der Waals surface area contributed by atoms with Gasteiger partial charge in [-0.3, -0.25) is 4.79 Å². The lowest BCUT2D eigenvalue weighted by Gasteiger charge is -2.31. The van der Waals surface area contributed by atoms with E-state index in [9.17, 15) is 9.59 Å². The number of carbonyl (C=O) groups is 2. The van der Waals surface area contributed by atoms with E-state index in [1.54, 1.807) is 30.0 Å². The zero-order chi connectivity index (χ0) is 20.4. The zero-order valence-electron chi connectivity index (χ0n) is 16.6. The zero-order valence-corrected chi connectivity index (χ0v) is 16.6. The van der Waals surface area contributed by atoms with Crippen molar-refractivity contribution < 1.29 is 18.8 Å². The molecule has 3 aromatic rings. The van der Waals surface area contributed by atoms with Crippen molar-refractivity contribution >= 4 is 22.8 Å². The number of esters is 1. The molecule has 150 valence electrons. The highest BCUT2D eigenvalue weighted by molar-refractivity contribution is 5.99. The fraction of sp³-hybridized carbons (Fsp3) is 0.348. The van der Waals surface area contributed by atoms with Crippen molar-refractivity contribution in [3.05, 3.63) is 54.1 Å². The molecule has 0 N–H and O–H groups in total. The molecule has 1 fully saturated rings. The molecule has 1 unspecified atom stereocenters. The van der Waals surface area contributed by atoms with E-state index >= 15 is 0 Å². The van der Waals surface area contributed by atoms with Crippen molar-refractivity contribution in [2.24, 2.45) is 5.92 Å². The topological polar surface area (TPSA) is 72.6 Å². The number of hydrogen-bond donors (Lipinski definition) is 0. The van der Waals surface area contributed by atoms with Crippen LogP contribution in [-0.4, -0.2) is 41.1 Å². The number of likely N-dealkylation sites (tertiary alicyclic amines) is 1. The molecule has 1 atom stereocenters. The maximum absolute atomic E-state index is 12.7. The van der Waals surface area contributed by atoms with Crippen LogP contribution >= 0.6 is 0 Å². The van der Waals surface area contributed by atoms with Crippen LogP contribution in [0, 0.1) is 5.92 Å². The molecule has 0 aliphatic carbocycles. The van der Waals surface area contributed by atoms with E-state index in [2.05, 4.69) is 12.1 Å². The van der Waals surface area contributed by atoms with Crippen LogP contribution < -0.4 is 0 Å². The van der Waals surface area contributed by atoms with E-state index < -0.39 is 12.1 Å². The summed E-state index contributed by atoms with van der Waals surface area (Å²) in [6.45, 7) is 5.26. The highest BCUT2D eigenvalue weighted by atomic mass is 16.5.